The van der Waals surface area contributed by atoms with Gasteiger partial charge < -0.3 is 10.1 Å². The number of hydrogen-bond donors (Lipinski definition) is 1. The monoisotopic (exact) mass is 507 g/mol. The van der Waals surface area contributed by atoms with Crippen molar-refractivity contribution >= 4 is 27.5 Å². The van der Waals surface area contributed by atoms with E-state index < -0.39 is 0 Å². The molecule has 0 aliphatic carbocycles. The fourth-order valence-corrected chi connectivity index (χ4v) is 3.90. The number of benzene rings is 3. The summed E-state index contributed by atoms with van der Waals surface area (Å²) in [6, 6.07) is 21.4. The molecule has 7 heteroatoms. The second-order valence-electron chi connectivity index (χ2n) is 7.70. The third-order valence-corrected chi connectivity index (χ3v) is 5.94. The maximum absolute atomic E-state index is 13.5. The van der Waals surface area contributed by atoms with Gasteiger partial charge in [0.15, 0.2) is 0 Å². The predicted molar refractivity (Wildman–Crippen MR) is 130 cm³/mol. The van der Waals surface area contributed by atoms with Gasteiger partial charge in [0, 0.05) is 5.56 Å². The Labute approximate surface area is 200 Å². The number of ether oxygens (including phenoxy) is 1. The van der Waals surface area contributed by atoms with Crippen molar-refractivity contribution < 1.29 is 13.9 Å². The predicted octanol–water partition coefficient (Wildman–Crippen LogP) is 6.28. The van der Waals surface area contributed by atoms with Crippen molar-refractivity contribution in [2.24, 2.45) is 0 Å². The molecule has 4 aromatic rings. The van der Waals surface area contributed by atoms with Gasteiger partial charge in [-0.15, -0.1) is 0 Å². The molecule has 0 bridgehead atoms. The Balaban J connectivity index is 1.42. The lowest BCUT2D eigenvalue weighted by Gasteiger charge is -2.10. The largest absolute Gasteiger partial charge is 0.488 e. The van der Waals surface area contributed by atoms with E-state index in [4.69, 9.17) is 4.74 Å². The number of carbonyl (C=O) groups excluding carboxylic acids is 1. The van der Waals surface area contributed by atoms with Crippen molar-refractivity contribution in [1.29, 1.82) is 0 Å². The normalized spacial score (nSPS) is 10.8. The Morgan fingerprint density at radius 2 is 1.79 bits per heavy atom. The zero-order valence-corrected chi connectivity index (χ0v) is 19.9. The zero-order valence-electron chi connectivity index (χ0n) is 18.3. The van der Waals surface area contributed by atoms with Crippen molar-refractivity contribution in [2.45, 2.75) is 27.0 Å². The highest BCUT2D eigenvalue weighted by molar-refractivity contribution is 9.10. The first kappa shape index (κ1) is 22.7. The van der Waals surface area contributed by atoms with Crippen LogP contribution in [0.25, 0.3) is 0 Å². The van der Waals surface area contributed by atoms with Gasteiger partial charge in [-0.3, -0.25) is 9.48 Å². The standard InChI is InChI=1S/C26H23BrFN3O2/c1-17-25(18(2)31(30-17)15-20-6-5-7-22(28)14-20)29-26(32)21-12-10-19(11-13-21)16-33-24-9-4-3-8-23(24)27/h3-14H,15-16H2,1-2H3,(H,29,32). The first-order valence-electron chi connectivity index (χ1n) is 10.5. The highest BCUT2D eigenvalue weighted by Gasteiger charge is 2.16. The van der Waals surface area contributed by atoms with Gasteiger partial charge in [-0.2, -0.15) is 5.10 Å². The van der Waals surface area contributed by atoms with Crippen LogP contribution in [0.15, 0.2) is 77.3 Å². The van der Waals surface area contributed by atoms with Gasteiger partial charge in [0.25, 0.3) is 5.91 Å². The van der Waals surface area contributed by atoms with E-state index in [1.54, 1.807) is 22.9 Å². The molecule has 0 aliphatic rings. The van der Waals surface area contributed by atoms with Crippen LogP contribution in [-0.4, -0.2) is 15.7 Å². The van der Waals surface area contributed by atoms with Crippen LogP contribution in [0, 0.1) is 19.7 Å². The molecule has 0 fully saturated rings. The Kier molecular flexibility index (Phi) is 6.89. The fourth-order valence-electron chi connectivity index (χ4n) is 3.50. The molecule has 5 nitrogen and oxygen atoms in total. The molecule has 0 aliphatic heterocycles. The molecule has 1 heterocycles. The molecule has 1 aromatic heterocycles. The van der Waals surface area contributed by atoms with Crippen LogP contribution in [0.2, 0.25) is 0 Å². The number of amides is 1. The molecule has 3 aromatic carbocycles. The third kappa shape index (κ3) is 5.49. The smallest absolute Gasteiger partial charge is 0.255 e. The number of aromatic nitrogens is 2. The van der Waals surface area contributed by atoms with Crippen molar-refractivity contribution in [3.8, 4) is 5.75 Å². The number of hydrogen-bond acceptors (Lipinski definition) is 3. The van der Waals surface area contributed by atoms with Crippen LogP contribution in [0.1, 0.15) is 32.9 Å². The first-order valence-corrected chi connectivity index (χ1v) is 11.3. The molecule has 1 N–H and O–H groups in total. The molecule has 33 heavy (non-hydrogen) atoms. The van der Waals surface area contributed by atoms with Gasteiger partial charge in [-0.05, 0) is 77.3 Å². The van der Waals surface area contributed by atoms with E-state index in [9.17, 15) is 9.18 Å². The summed E-state index contributed by atoms with van der Waals surface area (Å²) >= 11 is 3.47. The number of halogens is 2. The van der Waals surface area contributed by atoms with Gasteiger partial charge in [0.1, 0.15) is 18.2 Å². The van der Waals surface area contributed by atoms with E-state index in [-0.39, 0.29) is 11.7 Å². The third-order valence-electron chi connectivity index (χ3n) is 5.29. The van der Waals surface area contributed by atoms with Crippen LogP contribution >= 0.6 is 15.9 Å². The van der Waals surface area contributed by atoms with E-state index in [0.717, 1.165) is 27.0 Å². The topological polar surface area (TPSA) is 56.2 Å². The maximum atomic E-state index is 13.5. The summed E-state index contributed by atoms with van der Waals surface area (Å²) in [5.74, 6) is 0.262. The SMILES string of the molecule is Cc1nn(Cc2cccc(F)c2)c(C)c1NC(=O)c1ccc(COc2ccccc2Br)cc1. The minimum atomic E-state index is -0.284. The van der Waals surface area contributed by atoms with Crippen LogP contribution in [0.3, 0.4) is 0 Å². The highest BCUT2D eigenvalue weighted by atomic mass is 79.9. The van der Waals surface area contributed by atoms with Crippen molar-refractivity contribution in [2.75, 3.05) is 5.32 Å². The summed E-state index contributed by atoms with van der Waals surface area (Å²) in [5.41, 5.74) is 4.48. The molecule has 0 atom stereocenters. The molecule has 0 unspecified atom stereocenters. The molecule has 168 valence electrons. The number of rotatable bonds is 7. The Hall–Kier alpha value is -3.45. The Morgan fingerprint density at radius 3 is 2.52 bits per heavy atom. The van der Waals surface area contributed by atoms with Crippen LogP contribution in [-0.2, 0) is 13.2 Å². The fraction of sp³-hybridized carbons (Fsp3) is 0.154. The van der Waals surface area contributed by atoms with Gasteiger partial charge in [0.05, 0.1) is 28.1 Å². The number of para-hydroxylation sites is 1. The molecule has 0 saturated carbocycles. The average Bonchev–Trinajstić information content (AvgIpc) is 3.06. The second kappa shape index (κ2) is 10.0. The molecule has 0 saturated heterocycles. The summed E-state index contributed by atoms with van der Waals surface area (Å²) in [6.07, 6.45) is 0. The van der Waals surface area contributed by atoms with Gasteiger partial charge >= 0.3 is 0 Å². The minimum absolute atomic E-state index is 0.218. The van der Waals surface area contributed by atoms with E-state index in [1.807, 2.05) is 56.3 Å². The quantitative estimate of drug-likeness (QED) is 0.320. The Morgan fingerprint density at radius 1 is 1.03 bits per heavy atom. The van der Waals surface area contributed by atoms with Crippen molar-refractivity contribution in [3.05, 3.63) is 111 Å². The number of carbonyl (C=O) groups is 1. The van der Waals surface area contributed by atoms with Gasteiger partial charge in [0.2, 0.25) is 0 Å². The second-order valence-corrected chi connectivity index (χ2v) is 8.56. The molecular weight excluding hydrogens is 485 g/mol. The number of nitrogens with zero attached hydrogens (tertiary/aromatic N) is 2. The molecule has 4 rings (SSSR count). The minimum Gasteiger partial charge on any atom is -0.488 e. The van der Waals surface area contributed by atoms with Crippen LogP contribution in [0.4, 0.5) is 10.1 Å². The molecular formula is C26H23BrFN3O2. The number of anilines is 1. The lowest BCUT2D eigenvalue weighted by Crippen LogP contribution is -2.13. The van der Waals surface area contributed by atoms with E-state index in [0.29, 0.717) is 30.1 Å². The van der Waals surface area contributed by atoms with Crippen LogP contribution < -0.4 is 10.1 Å². The number of aryl methyl sites for hydroxylation is 1. The first-order chi connectivity index (χ1) is 15.9. The molecule has 0 spiro atoms. The summed E-state index contributed by atoms with van der Waals surface area (Å²) in [5, 5.41) is 7.48. The molecule has 1 amide bonds. The van der Waals surface area contributed by atoms with Crippen LogP contribution in [0.5, 0.6) is 5.75 Å². The lowest BCUT2D eigenvalue weighted by molar-refractivity contribution is 0.102. The van der Waals surface area contributed by atoms with Crippen molar-refractivity contribution in [1.82, 2.24) is 9.78 Å². The maximum Gasteiger partial charge on any atom is 0.255 e. The van der Waals surface area contributed by atoms with Gasteiger partial charge in [-0.1, -0.05) is 36.4 Å². The van der Waals surface area contributed by atoms with E-state index >= 15 is 0 Å². The molecule has 0 radical (unpaired) electrons. The zero-order chi connectivity index (χ0) is 23.4. The highest BCUT2D eigenvalue weighted by Crippen LogP contribution is 2.25. The van der Waals surface area contributed by atoms with E-state index in [1.165, 1.54) is 12.1 Å². The number of nitrogens with one attached hydrogen (secondary N) is 1. The summed E-state index contributed by atoms with van der Waals surface area (Å²) in [4.78, 5) is 12.8. The summed E-state index contributed by atoms with van der Waals surface area (Å²) in [6.45, 7) is 4.55. The lowest BCUT2D eigenvalue weighted by atomic mass is 10.1. The Bertz CT molecular complexity index is 1290. The van der Waals surface area contributed by atoms with E-state index in [2.05, 4.69) is 26.3 Å². The average molecular weight is 508 g/mol. The van der Waals surface area contributed by atoms with Gasteiger partial charge in [-0.25, -0.2) is 4.39 Å². The summed E-state index contributed by atoms with van der Waals surface area (Å²) < 4.78 is 22.0. The van der Waals surface area contributed by atoms with Crippen molar-refractivity contribution in [3.63, 3.8) is 0 Å². The summed E-state index contributed by atoms with van der Waals surface area (Å²) in [7, 11) is 0.